The lowest BCUT2D eigenvalue weighted by atomic mass is 9.87. The van der Waals surface area contributed by atoms with Crippen LogP contribution in [0.3, 0.4) is 0 Å². The van der Waals surface area contributed by atoms with Gasteiger partial charge in [0, 0.05) is 24.8 Å². The van der Waals surface area contributed by atoms with Crippen molar-refractivity contribution in [3.8, 4) is 17.2 Å². The zero-order valence-electron chi connectivity index (χ0n) is 19.8. The average Bonchev–Trinajstić information content (AvgIpc) is 2.90. The molecule has 3 aromatic rings. The monoisotopic (exact) mass is 474 g/mol. The van der Waals surface area contributed by atoms with E-state index in [-0.39, 0.29) is 11.6 Å². The highest BCUT2D eigenvalue weighted by Gasteiger charge is 2.33. The summed E-state index contributed by atoms with van der Waals surface area (Å²) in [4.78, 5) is 26.2. The first-order valence-corrected chi connectivity index (χ1v) is 11.1. The molecular weight excluding hydrogens is 448 g/mol. The molecular formula is C27H26N2O6. The number of non-ortho nitro benzene ring substituents is 1. The molecule has 0 aliphatic carbocycles. The topological polar surface area (TPSA) is 91.1 Å². The van der Waals surface area contributed by atoms with Crippen molar-refractivity contribution in [1.82, 2.24) is 4.90 Å². The van der Waals surface area contributed by atoms with Crippen LogP contribution in [0.4, 0.5) is 5.69 Å². The van der Waals surface area contributed by atoms with Gasteiger partial charge in [0.05, 0.1) is 32.3 Å². The van der Waals surface area contributed by atoms with Crippen molar-refractivity contribution in [3.05, 3.63) is 99.1 Å². The number of hydrogen-bond acceptors (Lipinski definition) is 6. The van der Waals surface area contributed by atoms with E-state index in [4.69, 9.17) is 14.2 Å². The van der Waals surface area contributed by atoms with E-state index in [1.165, 1.54) is 18.2 Å². The third-order valence-corrected chi connectivity index (χ3v) is 6.09. The van der Waals surface area contributed by atoms with Crippen LogP contribution < -0.4 is 14.2 Å². The minimum atomic E-state index is -0.522. The molecule has 1 amide bonds. The van der Waals surface area contributed by atoms with E-state index in [0.29, 0.717) is 30.0 Å². The van der Waals surface area contributed by atoms with Gasteiger partial charge in [0.1, 0.15) is 5.75 Å². The number of carbonyl (C=O) groups excluding carboxylic acids is 1. The number of ether oxygens (including phenoxy) is 3. The highest BCUT2D eigenvalue weighted by molar-refractivity contribution is 5.92. The van der Waals surface area contributed by atoms with Gasteiger partial charge >= 0.3 is 0 Å². The molecule has 0 N–H and O–H groups in total. The summed E-state index contributed by atoms with van der Waals surface area (Å²) in [5.74, 6) is 1.67. The van der Waals surface area contributed by atoms with E-state index in [0.717, 1.165) is 22.4 Å². The van der Waals surface area contributed by atoms with Gasteiger partial charge in [0.2, 0.25) is 5.91 Å². The maximum Gasteiger partial charge on any atom is 0.269 e. The van der Waals surface area contributed by atoms with Crippen molar-refractivity contribution in [2.45, 2.75) is 12.5 Å². The van der Waals surface area contributed by atoms with E-state index in [1.54, 1.807) is 44.4 Å². The van der Waals surface area contributed by atoms with Gasteiger partial charge in [0.15, 0.2) is 11.5 Å². The molecule has 0 saturated carbocycles. The zero-order valence-corrected chi connectivity index (χ0v) is 19.8. The van der Waals surface area contributed by atoms with Crippen molar-refractivity contribution in [1.29, 1.82) is 0 Å². The maximum atomic E-state index is 13.4. The molecule has 3 aromatic carbocycles. The fraction of sp³-hybridized carbons (Fsp3) is 0.222. The van der Waals surface area contributed by atoms with Crippen LogP contribution in [0.25, 0.3) is 6.08 Å². The molecule has 180 valence electrons. The maximum absolute atomic E-state index is 13.4. The van der Waals surface area contributed by atoms with Gasteiger partial charge in [0.25, 0.3) is 5.69 Å². The molecule has 1 aliphatic heterocycles. The van der Waals surface area contributed by atoms with Crippen molar-refractivity contribution >= 4 is 17.7 Å². The number of rotatable bonds is 7. The van der Waals surface area contributed by atoms with Gasteiger partial charge in [-0.1, -0.05) is 24.3 Å². The first-order chi connectivity index (χ1) is 16.9. The van der Waals surface area contributed by atoms with Crippen molar-refractivity contribution in [2.75, 3.05) is 27.9 Å². The van der Waals surface area contributed by atoms with Crippen LogP contribution in [0.15, 0.2) is 66.7 Å². The lowest BCUT2D eigenvalue weighted by molar-refractivity contribution is -0.384. The summed E-state index contributed by atoms with van der Waals surface area (Å²) in [5, 5.41) is 11.5. The number of nitro benzene ring substituents is 1. The Balaban J connectivity index is 1.75. The van der Waals surface area contributed by atoms with Gasteiger partial charge in [-0.05, 0) is 59.0 Å². The minimum Gasteiger partial charge on any atom is -0.497 e. The summed E-state index contributed by atoms with van der Waals surface area (Å²) in [5.41, 5.74) is 3.33. The number of nitrogens with zero attached hydrogens (tertiary/aromatic N) is 2. The smallest absolute Gasteiger partial charge is 0.269 e. The molecule has 0 saturated heterocycles. The van der Waals surface area contributed by atoms with Gasteiger partial charge < -0.3 is 19.1 Å². The summed E-state index contributed by atoms with van der Waals surface area (Å²) >= 11 is 0. The average molecular weight is 475 g/mol. The van der Waals surface area contributed by atoms with E-state index in [2.05, 4.69) is 0 Å². The fourth-order valence-corrected chi connectivity index (χ4v) is 4.33. The third kappa shape index (κ3) is 4.96. The second kappa shape index (κ2) is 10.3. The zero-order chi connectivity index (χ0) is 24.9. The molecule has 1 aliphatic rings. The normalized spacial score (nSPS) is 14.9. The molecule has 1 atom stereocenters. The number of hydrogen-bond donors (Lipinski definition) is 0. The van der Waals surface area contributed by atoms with E-state index >= 15 is 0 Å². The summed E-state index contributed by atoms with van der Waals surface area (Å²) in [6.07, 6.45) is 3.89. The van der Waals surface area contributed by atoms with E-state index < -0.39 is 11.0 Å². The predicted octanol–water partition coefficient (Wildman–Crippen LogP) is 4.81. The van der Waals surface area contributed by atoms with Crippen molar-refractivity contribution in [3.63, 3.8) is 0 Å². The Kier molecular flexibility index (Phi) is 7.01. The molecule has 35 heavy (non-hydrogen) atoms. The second-order valence-electron chi connectivity index (χ2n) is 8.05. The van der Waals surface area contributed by atoms with Crippen LogP contribution in [0, 0.1) is 10.1 Å². The molecule has 0 radical (unpaired) electrons. The SMILES string of the molecule is COc1ccc(/C=C/C(=O)N2CCc3cc(OC)c(OC)cc3[C@H]2c2cccc([N+](=O)[O-])c2)cc1. The lowest BCUT2D eigenvalue weighted by Gasteiger charge is -2.37. The van der Waals surface area contributed by atoms with Crippen molar-refractivity contribution < 1.29 is 23.9 Å². The van der Waals surface area contributed by atoms with Gasteiger partial charge in [-0.25, -0.2) is 0 Å². The molecule has 0 fully saturated rings. The lowest BCUT2D eigenvalue weighted by Crippen LogP contribution is -2.39. The number of fused-ring (bicyclic) bond motifs is 1. The second-order valence-corrected chi connectivity index (χ2v) is 8.05. The molecule has 0 bridgehead atoms. The standard InChI is InChI=1S/C27H26N2O6/c1-33-22-10-7-18(8-11-22)9-12-26(30)28-14-13-19-16-24(34-2)25(35-3)17-23(19)27(28)20-5-4-6-21(15-20)29(31)32/h4-12,15-17,27H,13-14H2,1-3H3/b12-9+/t27-/m1/s1. The summed E-state index contributed by atoms with van der Waals surface area (Å²) in [6.45, 7) is 0.446. The molecule has 8 heteroatoms. The van der Waals surface area contributed by atoms with Crippen LogP contribution in [-0.2, 0) is 11.2 Å². The predicted molar refractivity (Wildman–Crippen MR) is 132 cm³/mol. The first-order valence-electron chi connectivity index (χ1n) is 11.1. The quantitative estimate of drug-likeness (QED) is 0.277. The Labute approximate surface area is 203 Å². The van der Waals surface area contributed by atoms with Crippen LogP contribution in [-0.4, -0.2) is 43.6 Å². The van der Waals surface area contributed by atoms with Crippen LogP contribution in [0.1, 0.15) is 28.3 Å². The molecule has 8 nitrogen and oxygen atoms in total. The number of carbonyl (C=O) groups is 1. The first kappa shape index (κ1) is 23.8. The Morgan fingerprint density at radius 1 is 1.00 bits per heavy atom. The van der Waals surface area contributed by atoms with Gasteiger partial charge in [-0.2, -0.15) is 0 Å². The molecule has 0 spiro atoms. The van der Waals surface area contributed by atoms with Crippen LogP contribution in [0.2, 0.25) is 0 Å². The molecule has 0 aromatic heterocycles. The number of benzene rings is 3. The van der Waals surface area contributed by atoms with Gasteiger partial charge in [-0.15, -0.1) is 0 Å². The van der Waals surface area contributed by atoms with Crippen LogP contribution >= 0.6 is 0 Å². The highest BCUT2D eigenvalue weighted by Crippen LogP contribution is 2.41. The Hall–Kier alpha value is -4.33. The number of amides is 1. The summed E-state index contributed by atoms with van der Waals surface area (Å²) in [7, 11) is 4.72. The summed E-state index contributed by atoms with van der Waals surface area (Å²) < 4.78 is 16.1. The van der Waals surface area contributed by atoms with Crippen molar-refractivity contribution in [2.24, 2.45) is 0 Å². The molecule has 1 heterocycles. The Morgan fingerprint density at radius 2 is 1.71 bits per heavy atom. The third-order valence-electron chi connectivity index (χ3n) is 6.09. The minimum absolute atomic E-state index is 0.0312. The highest BCUT2D eigenvalue weighted by atomic mass is 16.6. The number of nitro groups is 1. The van der Waals surface area contributed by atoms with Gasteiger partial charge in [-0.3, -0.25) is 14.9 Å². The molecule has 4 rings (SSSR count). The molecule has 0 unspecified atom stereocenters. The Morgan fingerprint density at radius 3 is 2.37 bits per heavy atom. The Bertz CT molecular complexity index is 1270. The van der Waals surface area contributed by atoms with E-state index in [1.807, 2.05) is 36.4 Å². The van der Waals surface area contributed by atoms with E-state index in [9.17, 15) is 14.9 Å². The van der Waals surface area contributed by atoms with Crippen LogP contribution in [0.5, 0.6) is 17.2 Å². The number of methoxy groups -OCH3 is 3. The fourth-order valence-electron chi connectivity index (χ4n) is 4.33. The summed E-state index contributed by atoms with van der Waals surface area (Å²) in [6, 6.07) is 17.0. The largest absolute Gasteiger partial charge is 0.497 e.